The summed E-state index contributed by atoms with van der Waals surface area (Å²) < 4.78 is 6.88. The lowest BCUT2D eigenvalue weighted by Gasteiger charge is -2.04. The Morgan fingerprint density at radius 3 is 3.07 bits per heavy atom. The molecule has 0 saturated heterocycles. The summed E-state index contributed by atoms with van der Waals surface area (Å²) in [6.45, 7) is 5.66. The first-order chi connectivity index (χ1) is 7.38. The summed E-state index contributed by atoms with van der Waals surface area (Å²) in [7, 11) is 1.71. The van der Waals surface area contributed by atoms with Gasteiger partial charge in [-0.1, -0.05) is 0 Å². The Morgan fingerprint density at radius 1 is 1.47 bits per heavy atom. The van der Waals surface area contributed by atoms with Crippen LogP contribution < -0.4 is 5.32 Å². The van der Waals surface area contributed by atoms with Gasteiger partial charge in [0.1, 0.15) is 12.2 Å². The van der Waals surface area contributed by atoms with Gasteiger partial charge in [-0.05, 0) is 19.9 Å². The molecule has 0 unspecified atom stereocenters. The molecule has 0 amide bonds. The minimum atomic E-state index is 0.769. The van der Waals surface area contributed by atoms with Crippen molar-refractivity contribution in [3.05, 3.63) is 12.2 Å². The monoisotopic (exact) mass is 212 g/mol. The van der Waals surface area contributed by atoms with Crippen LogP contribution in [-0.2, 0) is 17.7 Å². The van der Waals surface area contributed by atoms with Crippen LogP contribution in [0, 0.1) is 0 Å². The van der Waals surface area contributed by atoms with Gasteiger partial charge in [-0.3, -0.25) is 4.68 Å². The molecule has 1 aromatic heterocycles. The van der Waals surface area contributed by atoms with Crippen molar-refractivity contribution in [2.45, 2.75) is 26.3 Å². The van der Waals surface area contributed by atoms with E-state index in [-0.39, 0.29) is 0 Å². The SMILES string of the molecule is CCn1ncnc1CCCNCCOC. The van der Waals surface area contributed by atoms with Gasteiger partial charge in [0.25, 0.3) is 0 Å². The Bertz CT molecular complexity index is 262. The van der Waals surface area contributed by atoms with Crippen LogP contribution in [0.1, 0.15) is 19.2 Å². The molecule has 15 heavy (non-hydrogen) atoms. The van der Waals surface area contributed by atoms with Crippen molar-refractivity contribution in [3.63, 3.8) is 0 Å². The maximum absolute atomic E-state index is 4.94. The highest BCUT2D eigenvalue weighted by Crippen LogP contribution is 1.97. The Kier molecular flexibility index (Phi) is 5.96. The molecule has 0 saturated carbocycles. The van der Waals surface area contributed by atoms with Gasteiger partial charge in [0.05, 0.1) is 6.61 Å². The number of methoxy groups -OCH3 is 1. The quantitative estimate of drug-likeness (QED) is 0.636. The number of nitrogens with one attached hydrogen (secondary N) is 1. The van der Waals surface area contributed by atoms with Crippen LogP contribution in [0.4, 0.5) is 0 Å². The van der Waals surface area contributed by atoms with Crippen LogP contribution in [-0.4, -0.2) is 41.6 Å². The summed E-state index contributed by atoms with van der Waals surface area (Å²) in [5.74, 6) is 1.08. The van der Waals surface area contributed by atoms with Gasteiger partial charge in [0.15, 0.2) is 0 Å². The normalized spacial score (nSPS) is 10.8. The van der Waals surface area contributed by atoms with E-state index in [1.807, 2.05) is 4.68 Å². The fraction of sp³-hybridized carbons (Fsp3) is 0.800. The van der Waals surface area contributed by atoms with Gasteiger partial charge < -0.3 is 10.1 Å². The molecule has 0 fully saturated rings. The van der Waals surface area contributed by atoms with E-state index < -0.39 is 0 Å². The Balaban J connectivity index is 2.09. The second-order valence-electron chi connectivity index (χ2n) is 3.34. The van der Waals surface area contributed by atoms with Gasteiger partial charge in [-0.25, -0.2) is 4.98 Å². The van der Waals surface area contributed by atoms with Crippen molar-refractivity contribution in [2.75, 3.05) is 26.8 Å². The molecular formula is C10H20N4O. The number of hydrogen-bond acceptors (Lipinski definition) is 4. The third-order valence-electron chi connectivity index (χ3n) is 2.23. The summed E-state index contributed by atoms with van der Waals surface area (Å²) in [4.78, 5) is 4.22. The standard InChI is InChI=1S/C10H20N4O/c1-3-14-10(12-9-13-14)5-4-6-11-7-8-15-2/h9,11H,3-8H2,1-2H3. The number of ether oxygens (including phenoxy) is 1. The molecule has 0 radical (unpaired) electrons. The second-order valence-corrected chi connectivity index (χ2v) is 3.34. The zero-order valence-corrected chi connectivity index (χ0v) is 9.57. The van der Waals surface area contributed by atoms with E-state index in [4.69, 9.17) is 4.74 Å². The molecule has 0 aromatic carbocycles. The number of hydrogen-bond donors (Lipinski definition) is 1. The van der Waals surface area contributed by atoms with Crippen molar-refractivity contribution >= 4 is 0 Å². The number of nitrogens with zero attached hydrogens (tertiary/aromatic N) is 3. The lowest BCUT2D eigenvalue weighted by molar-refractivity contribution is 0.199. The predicted octanol–water partition coefficient (Wildman–Crippen LogP) is 0.467. The van der Waals surface area contributed by atoms with E-state index in [1.165, 1.54) is 0 Å². The van der Waals surface area contributed by atoms with Gasteiger partial charge in [-0.15, -0.1) is 0 Å². The maximum atomic E-state index is 4.94. The lowest BCUT2D eigenvalue weighted by atomic mass is 10.3. The average Bonchev–Trinajstić information content (AvgIpc) is 2.70. The summed E-state index contributed by atoms with van der Waals surface area (Å²) in [6.07, 6.45) is 3.69. The van der Waals surface area contributed by atoms with E-state index in [0.29, 0.717) is 0 Å². The molecule has 0 bridgehead atoms. The fourth-order valence-electron chi connectivity index (χ4n) is 1.42. The molecule has 1 N–H and O–H groups in total. The molecule has 0 spiro atoms. The molecule has 86 valence electrons. The van der Waals surface area contributed by atoms with Crippen LogP contribution in [0.5, 0.6) is 0 Å². The third-order valence-corrected chi connectivity index (χ3v) is 2.23. The Morgan fingerprint density at radius 2 is 2.33 bits per heavy atom. The first-order valence-electron chi connectivity index (χ1n) is 5.44. The molecule has 0 atom stereocenters. The van der Waals surface area contributed by atoms with E-state index in [0.717, 1.165) is 44.9 Å². The largest absolute Gasteiger partial charge is 0.383 e. The van der Waals surface area contributed by atoms with Gasteiger partial charge in [0, 0.05) is 26.6 Å². The average molecular weight is 212 g/mol. The van der Waals surface area contributed by atoms with Crippen LogP contribution >= 0.6 is 0 Å². The Hall–Kier alpha value is -0.940. The van der Waals surface area contributed by atoms with E-state index in [2.05, 4.69) is 22.3 Å². The summed E-state index contributed by atoms with van der Waals surface area (Å²) in [6, 6.07) is 0. The molecule has 5 heteroatoms. The fourth-order valence-corrected chi connectivity index (χ4v) is 1.42. The van der Waals surface area contributed by atoms with E-state index in [1.54, 1.807) is 13.4 Å². The number of aryl methyl sites for hydroxylation is 2. The van der Waals surface area contributed by atoms with E-state index >= 15 is 0 Å². The second kappa shape index (κ2) is 7.36. The molecule has 1 aromatic rings. The highest BCUT2D eigenvalue weighted by molar-refractivity contribution is 4.84. The third kappa shape index (κ3) is 4.40. The van der Waals surface area contributed by atoms with E-state index in [9.17, 15) is 0 Å². The molecule has 0 aliphatic carbocycles. The van der Waals surface area contributed by atoms with Gasteiger partial charge >= 0.3 is 0 Å². The number of rotatable bonds is 8. The molecule has 5 nitrogen and oxygen atoms in total. The number of aromatic nitrogens is 3. The van der Waals surface area contributed by atoms with Gasteiger partial charge in [-0.2, -0.15) is 5.10 Å². The first kappa shape index (κ1) is 12.1. The van der Waals surface area contributed by atoms with Crippen molar-refractivity contribution in [1.29, 1.82) is 0 Å². The van der Waals surface area contributed by atoms with Crippen LogP contribution in [0.15, 0.2) is 6.33 Å². The molecule has 1 rings (SSSR count). The van der Waals surface area contributed by atoms with Crippen LogP contribution in [0.25, 0.3) is 0 Å². The van der Waals surface area contributed by atoms with Gasteiger partial charge in [0.2, 0.25) is 0 Å². The van der Waals surface area contributed by atoms with Crippen molar-refractivity contribution in [3.8, 4) is 0 Å². The van der Waals surface area contributed by atoms with Crippen molar-refractivity contribution in [1.82, 2.24) is 20.1 Å². The Labute approximate surface area is 90.8 Å². The topological polar surface area (TPSA) is 52.0 Å². The maximum Gasteiger partial charge on any atom is 0.138 e. The minimum absolute atomic E-state index is 0.769. The zero-order valence-electron chi connectivity index (χ0n) is 9.57. The molecule has 0 aliphatic heterocycles. The highest BCUT2D eigenvalue weighted by Gasteiger charge is 2.01. The first-order valence-corrected chi connectivity index (χ1v) is 5.44. The molecule has 0 aliphatic rings. The van der Waals surface area contributed by atoms with Crippen molar-refractivity contribution in [2.24, 2.45) is 0 Å². The van der Waals surface area contributed by atoms with Crippen LogP contribution in [0.3, 0.4) is 0 Å². The van der Waals surface area contributed by atoms with Crippen LogP contribution in [0.2, 0.25) is 0 Å². The lowest BCUT2D eigenvalue weighted by Crippen LogP contribution is -2.21. The zero-order chi connectivity index (χ0) is 10.9. The highest BCUT2D eigenvalue weighted by atomic mass is 16.5. The van der Waals surface area contributed by atoms with Crippen molar-refractivity contribution < 1.29 is 4.74 Å². The molecule has 1 heterocycles. The minimum Gasteiger partial charge on any atom is -0.383 e. The molecular weight excluding hydrogens is 192 g/mol. The summed E-state index contributed by atoms with van der Waals surface area (Å²) >= 11 is 0. The smallest absolute Gasteiger partial charge is 0.138 e. The summed E-state index contributed by atoms with van der Waals surface area (Å²) in [5, 5.41) is 7.43. The predicted molar refractivity (Wildman–Crippen MR) is 58.8 cm³/mol. The summed E-state index contributed by atoms with van der Waals surface area (Å²) in [5.41, 5.74) is 0.